The average Bonchev–Trinajstić information content (AvgIpc) is 2.05. The maximum absolute atomic E-state index is 10.8. The van der Waals surface area contributed by atoms with Crippen LogP contribution in [0.2, 0.25) is 0 Å². The van der Waals surface area contributed by atoms with E-state index in [1.165, 1.54) is 12.2 Å². The van der Waals surface area contributed by atoms with Gasteiger partial charge in [0.2, 0.25) is 11.8 Å². The number of carbonyl (C=O) groups is 2. The Bertz CT molecular complexity index is 190. The lowest BCUT2D eigenvalue weighted by Gasteiger charge is -2.04. The second-order valence-corrected chi connectivity index (χ2v) is 2.36. The maximum atomic E-state index is 10.8. The van der Waals surface area contributed by atoms with Crippen molar-refractivity contribution in [2.24, 2.45) is 0 Å². The third-order valence-electron chi connectivity index (χ3n) is 1.23. The highest BCUT2D eigenvalue weighted by Crippen LogP contribution is 1.79. The molecule has 0 radical (unpaired) electrons. The number of hydrogen-bond donors (Lipinski definition) is 2. The van der Waals surface area contributed by atoms with Crippen molar-refractivity contribution < 1.29 is 9.59 Å². The average molecular weight is 182 g/mol. The van der Waals surface area contributed by atoms with E-state index in [4.69, 9.17) is 0 Å². The van der Waals surface area contributed by atoms with E-state index in [2.05, 4.69) is 23.8 Å². The van der Waals surface area contributed by atoms with Crippen LogP contribution in [0.15, 0.2) is 25.3 Å². The molecule has 0 saturated carbocycles. The zero-order valence-corrected chi connectivity index (χ0v) is 7.51. The van der Waals surface area contributed by atoms with Crippen LogP contribution in [0.1, 0.15) is 12.8 Å². The molecular formula is C9H14N2O2. The molecule has 4 heteroatoms. The Kier molecular flexibility index (Phi) is 6.23. The van der Waals surface area contributed by atoms with Crippen molar-refractivity contribution in [2.45, 2.75) is 12.8 Å². The molecule has 0 fully saturated rings. The molecule has 0 aromatic rings. The van der Waals surface area contributed by atoms with Crippen LogP contribution in [-0.2, 0) is 9.59 Å². The van der Waals surface area contributed by atoms with Gasteiger partial charge in [-0.15, -0.1) is 13.2 Å². The van der Waals surface area contributed by atoms with Crippen molar-refractivity contribution >= 4 is 11.8 Å². The molecule has 0 rings (SSSR count). The highest BCUT2D eigenvalue weighted by atomic mass is 16.2. The summed E-state index contributed by atoms with van der Waals surface area (Å²) in [6.45, 7) is 6.98. The van der Waals surface area contributed by atoms with Crippen molar-refractivity contribution in [1.82, 2.24) is 10.6 Å². The Morgan fingerprint density at radius 3 is 1.69 bits per heavy atom. The molecule has 72 valence electrons. The van der Waals surface area contributed by atoms with Crippen molar-refractivity contribution in [3.63, 3.8) is 0 Å². The number of rotatable bonds is 6. The molecule has 13 heavy (non-hydrogen) atoms. The molecule has 0 saturated heterocycles. The molecule has 2 N–H and O–H groups in total. The number of hydrogen-bond acceptors (Lipinski definition) is 2. The monoisotopic (exact) mass is 182 g/mol. The standard InChI is InChI=1S/C9H14N2O2/c1-3-5-8(12)10-7-11-9(13)6-4-2/h3-4H,1-2,5-7H2,(H,10,12)(H,11,13). The van der Waals surface area contributed by atoms with Gasteiger partial charge < -0.3 is 10.6 Å². The Hall–Kier alpha value is -1.58. The van der Waals surface area contributed by atoms with E-state index in [0.29, 0.717) is 0 Å². The first-order valence-electron chi connectivity index (χ1n) is 3.96. The van der Waals surface area contributed by atoms with Gasteiger partial charge in [-0.05, 0) is 0 Å². The third kappa shape index (κ3) is 6.80. The number of carbonyl (C=O) groups excluding carboxylic acids is 2. The Balaban J connectivity index is 3.43. The lowest BCUT2D eigenvalue weighted by atomic mass is 10.4. The predicted molar refractivity (Wildman–Crippen MR) is 50.8 cm³/mol. The first-order valence-corrected chi connectivity index (χ1v) is 3.96. The zero-order valence-electron chi connectivity index (χ0n) is 7.51. The van der Waals surface area contributed by atoms with Gasteiger partial charge in [-0.3, -0.25) is 9.59 Å². The van der Waals surface area contributed by atoms with Gasteiger partial charge in [0.1, 0.15) is 0 Å². The molecule has 0 spiro atoms. The van der Waals surface area contributed by atoms with Gasteiger partial charge in [0.25, 0.3) is 0 Å². The predicted octanol–water partition coefficient (Wildman–Crippen LogP) is 0.329. The Labute approximate surface area is 77.7 Å². The molecule has 0 atom stereocenters. The third-order valence-corrected chi connectivity index (χ3v) is 1.23. The Morgan fingerprint density at radius 2 is 1.38 bits per heavy atom. The molecule has 0 aliphatic carbocycles. The summed E-state index contributed by atoms with van der Waals surface area (Å²) < 4.78 is 0. The minimum absolute atomic E-state index is 0.152. The summed E-state index contributed by atoms with van der Waals surface area (Å²) >= 11 is 0. The van der Waals surface area contributed by atoms with Crippen LogP contribution in [-0.4, -0.2) is 18.5 Å². The van der Waals surface area contributed by atoms with Crippen LogP contribution in [0.3, 0.4) is 0 Å². The highest BCUT2D eigenvalue weighted by molar-refractivity contribution is 5.79. The van der Waals surface area contributed by atoms with E-state index in [1.54, 1.807) is 0 Å². The molecule has 0 aliphatic heterocycles. The zero-order chi connectivity index (χ0) is 10.1. The number of nitrogens with one attached hydrogen (secondary N) is 2. The summed E-state index contributed by atoms with van der Waals surface area (Å²) in [4.78, 5) is 21.7. The fraction of sp³-hybridized carbons (Fsp3) is 0.333. The molecule has 0 bridgehead atoms. The summed E-state index contributed by atoms with van der Waals surface area (Å²) in [6, 6.07) is 0. The van der Waals surface area contributed by atoms with Gasteiger partial charge in [0.05, 0.1) is 6.67 Å². The summed E-state index contributed by atoms with van der Waals surface area (Å²) in [7, 11) is 0. The minimum atomic E-state index is -0.158. The molecule has 0 heterocycles. The van der Waals surface area contributed by atoms with Crippen LogP contribution in [0.25, 0.3) is 0 Å². The van der Waals surface area contributed by atoms with E-state index in [-0.39, 0.29) is 31.3 Å². The van der Waals surface area contributed by atoms with Gasteiger partial charge in [-0.1, -0.05) is 12.2 Å². The lowest BCUT2D eigenvalue weighted by Crippen LogP contribution is -2.36. The van der Waals surface area contributed by atoms with Crippen LogP contribution < -0.4 is 10.6 Å². The number of amides is 2. The molecule has 0 aromatic heterocycles. The van der Waals surface area contributed by atoms with E-state index in [1.807, 2.05) is 0 Å². The van der Waals surface area contributed by atoms with E-state index in [0.717, 1.165) is 0 Å². The van der Waals surface area contributed by atoms with Gasteiger partial charge in [0, 0.05) is 12.8 Å². The maximum Gasteiger partial charge on any atom is 0.225 e. The quantitative estimate of drug-likeness (QED) is 0.459. The van der Waals surface area contributed by atoms with Crippen LogP contribution in [0.5, 0.6) is 0 Å². The first kappa shape index (κ1) is 11.4. The van der Waals surface area contributed by atoms with Crippen molar-refractivity contribution in [3.05, 3.63) is 25.3 Å². The summed E-state index contributed by atoms with van der Waals surface area (Å²) in [6.07, 6.45) is 3.52. The molecule has 4 nitrogen and oxygen atoms in total. The molecule has 2 amide bonds. The van der Waals surface area contributed by atoms with E-state index in [9.17, 15) is 9.59 Å². The largest absolute Gasteiger partial charge is 0.338 e. The highest BCUT2D eigenvalue weighted by Gasteiger charge is 1.98. The summed E-state index contributed by atoms with van der Waals surface area (Å²) in [5.74, 6) is -0.317. The van der Waals surface area contributed by atoms with Crippen LogP contribution in [0.4, 0.5) is 0 Å². The Morgan fingerprint density at radius 1 is 1.00 bits per heavy atom. The topological polar surface area (TPSA) is 58.2 Å². The van der Waals surface area contributed by atoms with E-state index < -0.39 is 0 Å². The van der Waals surface area contributed by atoms with Gasteiger partial charge in [-0.2, -0.15) is 0 Å². The summed E-state index contributed by atoms with van der Waals surface area (Å²) in [5.41, 5.74) is 0. The van der Waals surface area contributed by atoms with Gasteiger partial charge in [0.15, 0.2) is 0 Å². The molecule has 0 unspecified atom stereocenters. The van der Waals surface area contributed by atoms with Gasteiger partial charge in [-0.25, -0.2) is 0 Å². The minimum Gasteiger partial charge on any atom is -0.338 e. The van der Waals surface area contributed by atoms with Gasteiger partial charge >= 0.3 is 0 Å². The second-order valence-electron chi connectivity index (χ2n) is 2.36. The van der Waals surface area contributed by atoms with Crippen LogP contribution >= 0.6 is 0 Å². The molecule has 0 aromatic carbocycles. The second kappa shape index (κ2) is 7.09. The molecule has 0 aliphatic rings. The van der Waals surface area contributed by atoms with Crippen molar-refractivity contribution in [3.8, 4) is 0 Å². The smallest absolute Gasteiger partial charge is 0.225 e. The van der Waals surface area contributed by atoms with E-state index >= 15 is 0 Å². The fourth-order valence-corrected chi connectivity index (χ4v) is 0.648. The van der Waals surface area contributed by atoms with Crippen molar-refractivity contribution in [2.75, 3.05) is 6.67 Å². The molecular weight excluding hydrogens is 168 g/mol. The first-order chi connectivity index (χ1) is 6.20. The lowest BCUT2D eigenvalue weighted by molar-refractivity contribution is -0.121. The fourth-order valence-electron chi connectivity index (χ4n) is 0.648. The normalized spacial score (nSPS) is 8.62. The van der Waals surface area contributed by atoms with Crippen molar-refractivity contribution in [1.29, 1.82) is 0 Å². The van der Waals surface area contributed by atoms with Crippen LogP contribution in [0, 0.1) is 0 Å². The SMILES string of the molecule is C=CCC(=O)NCNC(=O)CC=C. The summed E-state index contributed by atoms with van der Waals surface area (Å²) in [5, 5.41) is 4.99.